The minimum atomic E-state index is 0.635. The Morgan fingerprint density at radius 1 is 0.362 bits per heavy atom. The molecule has 0 spiro atoms. The maximum absolute atomic E-state index is 6.00. The summed E-state index contributed by atoms with van der Waals surface area (Å²) in [5.74, 6) is 1.93. The quantitative estimate of drug-likeness (QED) is 0.196. The molecule has 47 heavy (non-hydrogen) atoms. The van der Waals surface area contributed by atoms with E-state index in [0.29, 0.717) is 17.5 Å². The van der Waals surface area contributed by atoms with Gasteiger partial charge in [-0.1, -0.05) is 121 Å². The Hall–Kier alpha value is -6.46. The average Bonchev–Trinajstić information content (AvgIpc) is 3.53. The SMILES string of the molecule is c1ccc(-c2nc(-c3ccccc3)nc(-c3cccc(-c4cccc5cc(-c6ccc7oc8ccccc8c7n6)ccc45)c3)n2)cc1. The second kappa shape index (κ2) is 11.2. The summed E-state index contributed by atoms with van der Waals surface area (Å²) in [7, 11) is 0. The predicted octanol–water partition coefficient (Wildman–Crippen LogP) is 10.7. The fourth-order valence-electron chi connectivity index (χ4n) is 6.21. The van der Waals surface area contributed by atoms with Crippen molar-refractivity contribution in [2.45, 2.75) is 0 Å². The summed E-state index contributed by atoms with van der Waals surface area (Å²) in [4.78, 5) is 19.7. The van der Waals surface area contributed by atoms with Gasteiger partial charge in [-0.25, -0.2) is 19.9 Å². The Bertz CT molecular complexity index is 2520. The molecule has 0 N–H and O–H groups in total. The third kappa shape index (κ3) is 4.91. The Kier molecular flexibility index (Phi) is 6.39. The largest absolute Gasteiger partial charge is 0.454 e. The summed E-state index contributed by atoms with van der Waals surface area (Å²) in [6, 6.07) is 53.6. The topological polar surface area (TPSA) is 64.7 Å². The second-order valence-corrected chi connectivity index (χ2v) is 11.5. The molecule has 0 fully saturated rings. The van der Waals surface area contributed by atoms with Gasteiger partial charge >= 0.3 is 0 Å². The lowest BCUT2D eigenvalue weighted by molar-refractivity contribution is 0.668. The van der Waals surface area contributed by atoms with Crippen LogP contribution in [0.15, 0.2) is 162 Å². The molecule has 0 aliphatic heterocycles. The van der Waals surface area contributed by atoms with Crippen molar-refractivity contribution in [3.63, 3.8) is 0 Å². The first-order valence-electron chi connectivity index (χ1n) is 15.6. The van der Waals surface area contributed by atoms with Crippen LogP contribution in [0.3, 0.4) is 0 Å². The third-order valence-electron chi connectivity index (χ3n) is 8.53. The average molecular weight is 603 g/mol. The van der Waals surface area contributed by atoms with Crippen LogP contribution in [-0.2, 0) is 0 Å². The minimum absolute atomic E-state index is 0.635. The van der Waals surface area contributed by atoms with Crippen LogP contribution < -0.4 is 0 Å². The lowest BCUT2D eigenvalue weighted by Crippen LogP contribution is -2.00. The number of fused-ring (bicyclic) bond motifs is 4. The highest BCUT2D eigenvalue weighted by molar-refractivity contribution is 6.03. The monoisotopic (exact) mass is 602 g/mol. The lowest BCUT2D eigenvalue weighted by atomic mass is 9.95. The van der Waals surface area contributed by atoms with Gasteiger partial charge in [0.1, 0.15) is 11.1 Å². The number of aromatic nitrogens is 4. The molecule has 6 aromatic carbocycles. The number of benzene rings is 6. The van der Waals surface area contributed by atoms with Gasteiger partial charge in [0.15, 0.2) is 23.1 Å². The first kappa shape index (κ1) is 26.9. The normalized spacial score (nSPS) is 11.4. The van der Waals surface area contributed by atoms with E-state index in [1.165, 1.54) is 0 Å². The third-order valence-corrected chi connectivity index (χ3v) is 8.53. The molecule has 3 aromatic heterocycles. The molecule has 0 amide bonds. The van der Waals surface area contributed by atoms with Crippen LogP contribution >= 0.6 is 0 Å². The maximum atomic E-state index is 6.00. The van der Waals surface area contributed by atoms with Crippen LogP contribution in [0.25, 0.3) is 89.4 Å². The van der Waals surface area contributed by atoms with E-state index in [9.17, 15) is 0 Å². The number of hydrogen-bond acceptors (Lipinski definition) is 5. The highest BCUT2D eigenvalue weighted by atomic mass is 16.3. The zero-order chi connectivity index (χ0) is 31.2. The van der Waals surface area contributed by atoms with Crippen molar-refractivity contribution >= 4 is 32.8 Å². The summed E-state index contributed by atoms with van der Waals surface area (Å²) in [6.45, 7) is 0. The lowest BCUT2D eigenvalue weighted by Gasteiger charge is -2.11. The zero-order valence-corrected chi connectivity index (χ0v) is 25.2. The minimum Gasteiger partial charge on any atom is -0.454 e. The van der Waals surface area contributed by atoms with E-state index in [1.807, 2.05) is 91.0 Å². The van der Waals surface area contributed by atoms with Gasteiger partial charge in [0, 0.05) is 27.6 Å². The Morgan fingerprint density at radius 2 is 1.00 bits per heavy atom. The molecular formula is C42H26N4O. The van der Waals surface area contributed by atoms with E-state index in [0.717, 1.165) is 71.9 Å². The van der Waals surface area contributed by atoms with Gasteiger partial charge in [-0.15, -0.1) is 0 Å². The molecule has 0 saturated heterocycles. The van der Waals surface area contributed by atoms with Crippen molar-refractivity contribution < 1.29 is 4.42 Å². The first-order valence-corrected chi connectivity index (χ1v) is 15.6. The van der Waals surface area contributed by atoms with Crippen LogP contribution in [0.5, 0.6) is 0 Å². The summed E-state index contributed by atoms with van der Waals surface area (Å²) < 4.78 is 6.00. The van der Waals surface area contributed by atoms with Crippen molar-refractivity contribution in [3.05, 3.63) is 158 Å². The van der Waals surface area contributed by atoms with Crippen molar-refractivity contribution in [1.29, 1.82) is 0 Å². The van der Waals surface area contributed by atoms with Gasteiger partial charge < -0.3 is 4.42 Å². The van der Waals surface area contributed by atoms with Gasteiger partial charge in [-0.05, 0) is 58.3 Å². The molecule has 0 aliphatic rings. The standard InChI is InChI=1S/C42H26N4O/c1-3-11-27(12-4-1)40-44-41(28-13-5-2-6-14-28)46-42(45-40)32-17-9-15-30(26-32)33-19-10-16-29-25-31(21-22-34(29)33)36-23-24-38-39(43-36)35-18-7-8-20-37(35)47-38/h1-26H. The molecule has 5 heteroatoms. The Morgan fingerprint density at radius 3 is 1.77 bits per heavy atom. The smallest absolute Gasteiger partial charge is 0.164 e. The van der Waals surface area contributed by atoms with E-state index in [2.05, 4.69) is 66.7 Å². The molecule has 0 aliphatic carbocycles. The van der Waals surface area contributed by atoms with Crippen molar-refractivity contribution in [2.24, 2.45) is 0 Å². The molecule has 0 radical (unpaired) electrons. The molecule has 0 unspecified atom stereocenters. The molecule has 0 atom stereocenters. The molecular weight excluding hydrogens is 576 g/mol. The molecule has 5 nitrogen and oxygen atoms in total. The van der Waals surface area contributed by atoms with Gasteiger partial charge in [0.05, 0.1) is 5.69 Å². The molecule has 3 heterocycles. The van der Waals surface area contributed by atoms with Gasteiger partial charge in [-0.2, -0.15) is 0 Å². The van der Waals surface area contributed by atoms with E-state index in [1.54, 1.807) is 0 Å². The number of para-hydroxylation sites is 1. The number of furan rings is 1. The van der Waals surface area contributed by atoms with Crippen LogP contribution in [0.1, 0.15) is 0 Å². The zero-order valence-electron chi connectivity index (χ0n) is 25.2. The molecule has 9 rings (SSSR count). The first-order chi connectivity index (χ1) is 23.3. The van der Waals surface area contributed by atoms with Crippen LogP contribution in [-0.4, -0.2) is 19.9 Å². The summed E-state index contributed by atoms with van der Waals surface area (Å²) in [5.41, 5.74) is 9.55. The highest BCUT2D eigenvalue weighted by Crippen LogP contribution is 2.35. The van der Waals surface area contributed by atoms with Gasteiger partial charge in [0.25, 0.3) is 0 Å². The van der Waals surface area contributed by atoms with E-state index in [-0.39, 0.29) is 0 Å². The molecule has 0 saturated carbocycles. The maximum Gasteiger partial charge on any atom is 0.164 e. The fourth-order valence-corrected chi connectivity index (χ4v) is 6.21. The second-order valence-electron chi connectivity index (χ2n) is 11.5. The predicted molar refractivity (Wildman–Crippen MR) is 190 cm³/mol. The summed E-state index contributed by atoms with van der Waals surface area (Å²) in [6.07, 6.45) is 0. The van der Waals surface area contributed by atoms with Gasteiger partial charge in [0.2, 0.25) is 0 Å². The number of rotatable bonds is 5. The number of pyridine rings is 1. The van der Waals surface area contributed by atoms with Crippen molar-refractivity contribution in [3.8, 4) is 56.5 Å². The Balaban J connectivity index is 1.12. The fraction of sp³-hybridized carbons (Fsp3) is 0. The summed E-state index contributed by atoms with van der Waals surface area (Å²) in [5, 5.41) is 3.33. The van der Waals surface area contributed by atoms with E-state index in [4.69, 9.17) is 24.4 Å². The number of hydrogen-bond donors (Lipinski definition) is 0. The molecule has 0 bridgehead atoms. The van der Waals surface area contributed by atoms with Gasteiger partial charge in [-0.3, -0.25) is 0 Å². The Labute approximate surface area is 270 Å². The van der Waals surface area contributed by atoms with E-state index < -0.39 is 0 Å². The van der Waals surface area contributed by atoms with Crippen LogP contribution in [0.2, 0.25) is 0 Å². The van der Waals surface area contributed by atoms with Crippen molar-refractivity contribution in [1.82, 2.24) is 19.9 Å². The number of nitrogens with zero attached hydrogens (tertiary/aromatic N) is 4. The van der Waals surface area contributed by atoms with Crippen LogP contribution in [0.4, 0.5) is 0 Å². The molecule has 220 valence electrons. The van der Waals surface area contributed by atoms with Crippen molar-refractivity contribution in [2.75, 3.05) is 0 Å². The van der Waals surface area contributed by atoms with E-state index >= 15 is 0 Å². The molecule has 9 aromatic rings. The summed E-state index contributed by atoms with van der Waals surface area (Å²) >= 11 is 0. The highest BCUT2D eigenvalue weighted by Gasteiger charge is 2.14. The van der Waals surface area contributed by atoms with Crippen LogP contribution in [0, 0.1) is 0 Å².